The molecule has 4 heteroatoms. The van der Waals surface area contributed by atoms with Crippen LogP contribution in [0.1, 0.15) is 19.8 Å². The lowest BCUT2D eigenvalue weighted by molar-refractivity contribution is 0.292. The van der Waals surface area contributed by atoms with E-state index in [1.807, 2.05) is 0 Å². The Morgan fingerprint density at radius 3 is 2.08 bits per heavy atom. The summed E-state index contributed by atoms with van der Waals surface area (Å²) in [5.74, 6) is 0. The summed E-state index contributed by atoms with van der Waals surface area (Å²) in [6, 6.07) is 0. The van der Waals surface area contributed by atoms with E-state index >= 15 is 0 Å². The molecule has 12 heavy (non-hydrogen) atoms. The van der Waals surface area contributed by atoms with Crippen LogP contribution in [-0.4, -0.2) is 37.9 Å². The predicted molar refractivity (Wildman–Crippen MR) is 53.0 cm³/mol. The molecule has 0 unspecified atom stereocenters. The highest BCUT2D eigenvalue weighted by Crippen LogP contribution is 1.66. The standard InChI is InChI=1S/C5H14N2O.C3H9N/c6-2-1-3-7-4-5-8;1-2-3-4/h7-8H,1-6H2;2-4H2,1H3. The van der Waals surface area contributed by atoms with E-state index < -0.39 is 0 Å². The van der Waals surface area contributed by atoms with E-state index in [0.717, 1.165) is 32.5 Å². The number of hydrogen-bond acceptors (Lipinski definition) is 4. The number of rotatable bonds is 6. The Hall–Kier alpha value is -0.160. The van der Waals surface area contributed by atoms with Gasteiger partial charge in [-0.05, 0) is 32.5 Å². The normalized spacial score (nSPS) is 9.00. The molecule has 4 nitrogen and oxygen atoms in total. The van der Waals surface area contributed by atoms with Crippen molar-refractivity contribution in [2.45, 2.75) is 19.8 Å². The van der Waals surface area contributed by atoms with Crippen molar-refractivity contribution in [2.75, 3.05) is 32.8 Å². The summed E-state index contributed by atoms with van der Waals surface area (Å²) in [6.45, 7) is 5.40. The highest BCUT2D eigenvalue weighted by atomic mass is 16.3. The summed E-state index contributed by atoms with van der Waals surface area (Å²) in [5.41, 5.74) is 10.2. The maximum Gasteiger partial charge on any atom is 0.0555 e. The fourth-order valence-corrected chi connectivity index (χ4v) is 0.431. The molecule has 0 saturated heterocycles. The molecule has 0 radical (unpaired) electrons. The lowest BCUT2D eigenvalue weighted by Crippen LogP contribution is -2.21. The zero-order valence-electron chi connectivity index (χ0n) is 8.05. The molecule has 0 aliphatic carbocycles. The van der Waals surface area contributed by atoms with Crippen molar-refractivity contribution >= 4 is 0 Å². The quantitative estimate of drug-likeness (QED) is 0.403. The number of nitrogens with two attached hydrogens (primary N) is 2. The SMILES string of the molecule is CCCN.NCCCNCCO. The number of aliphatic hydroxyl groups excluding tert-OH is 1. The molecular formula is C8H23N3O. The van der Waals surface area contributed by atoms with E-state index in [0.29, 0.717) is 6.54 Å². The first-order valence-corrected chi connectivity index (χ1v) is 4.55. The first-order valence-electron chi connectivity index (χ1n) is 4.55. The van der Waals surface area contributed by atoms with E-state index in [1.54, 1.807) is 0 Å². The van der Waals surface area contributed by atoms with Crippen LogP contribution in [0.25, 0.3) is 0 Å². The Morgan fingerprint density at radius 1 is 1.17 bits per heavy atom. The first-order chi connectivity index (χ1) is 5.83. The summed E-state index contributed by atoms with van der Waals surface area (Å²) in [4.78, 5) is 0. The molecule has 0 aromatic heterocycles. The Morgan fingerprint density at radius 2 is 1.75 bits per heavy atom. The Kier molecular flexibility index (Phi) is 20.4. The first kappa shape index (κ1) is 14.4. The van der Waals surface area contributed by atoms with Gasteiger partial charge < -0.3 is 21.9 Å². The molecule has 0 heterocycles. The fourth-order valence-electron chi connectivity index (χ4n) is 0.431. The molecule has 0 saturated carbocycles. The van der Waals surface area contributed by atoms with Crippen molar-refractivity contribution in [3.8, 4) is 0 Å². The summed E-state index contributed by atoms with van der Waals surface area (Å²) in [6.07, 6.45) is 2.08. The molecular weight excluding hydrogens is 154 g/mol. The van der Waals surface area contributed by atoms with Gasteiger partial charge in [0.05, 0.1) is 6.61 Å². The highest BCUT2D eigenvalue weighted by molar-refractivity contribution is 4.45. The number of aliphatic hydroxyl groups is 1. The van der Waals surface area contributed by atoms with Crippen LogP contribution in [0.15, 0.2) is 0 Å². The van der Waals surface area contributed by atoms with Crippen LogP contribution < -0.4 is 16.8 Å². The van der Waals surface area contributed by atoms with Crippen molar-refractivity contribution < 1.29 is 5.11 Å². The second-order valence-corrected chi connectivity index (χ2v) is 2.40. The van der Waals surface area contributed by atoms with Crippen LogP contribution >= 0.6 is 0 Å². The minimum atomic E-state index is 0.213. The van der Waals surface area contributed by atoms with Crippen LogP contribution in [0.2, 0.25) is 0 Å². The smallest absolute Gasteiger partial charge is 0.0555 e. The lowest BCUT2D eigenvalue weighted by Gasteiger charge is -1.97. The molecule has 0 aliphatic heterocycles. The molecule has 0 aromatic rings. The average molecular weight is 177 g/mol. The zero-order chi connectivity index (χ0) is 9.66. The molecule has 0 aliphatic rings. The summed E-state index contributed by atoms with van der Waals surface area (Å²) in [5, 5.41) is 11.3. The van der Waals surface area contributed by atoms with Gasteiger partial charge in [-0.15, -0.1) is 0 Å². The second kappa shape index (κ2) is 17.1. The van der Waals surface area contributed by atoms with Gasteiger partial charge in [0.15, 0.2) is 0 Å². The third kappa shape index (κ3) is 22.5. The van der Waals surface area contributed by atoms with Gasteiger partial charge in [0.1, 0.15) is 0 Å². The summed E-state index contributed by atoms with van der Waals surface area (Å²) >= 11 is 0. The van der Waals surface area contributed by atoms with Gasteiger partial charge in [-0.3, -0.25) is 0 Å². The molecule has 0 atom stereocenters. The zero-order valence-corrected chi connectivity index (χ0v) is 8.05. The van der Waals surface area contributed by atoms with Gasteiger partial charge in [-0.2, -0.15) is 0 Å². The average Bonchev–Trinajstić information content (AvgIpc) is 2.13. The molecule has 76 valence electrons. The van der Waals surface area contributed by atoms with Crippen molar-refractivity contribution in [1.82, 2.24) is 5.32 Å². The molecule has 0 rings (SSSR count). The molecule has 0 fully saturated rings. The molecule has 0 aromatic carbocycles. The molecule has 0 bridgehead atoms. The van der Waals surface area contributed by atoms with E-state index in [1.165, 1.54) is 0 Å². The van der Waals surface area contributed by atoms with Crippen LogP contribution in [0.4, 0.5) is 0 Å². The largest absolute Gasteiger partial charge is 0.395 e. The van der Waals surface area contributed by atoms with Gasteiger partial charge >= 0.3 is 0 Å². The summed E-state index contributed by atoms with van der Waals surface area (Å²) in [7, 11) is 0. The topological polar surface area (TPSA) is 84.3 Å². The number of nitrogens with one attached hydrogen (secondary N) is 1. The maximum atomic E-state index is 8.27. The minimum Gasteiger partial charge on any atom is -0.395 e. The van der Waals surface area contributed by atoms with Crippen molar-refractivity contribution in [3.63, 3.8) is 0 Å². The summed E-state index contributed by atoms with van der Waals surface area (Å²) < 4.78 is 0. The molecule has 0 amide bonds. The highest BCUT2D eigenvalue weighted by Gasteiger charge is 1.81. The van der Waals surface area contributed by atoms with Crippen molar-refractivity contribution in [2.24, 2.45) is 11.5 Å². The van der Waals surface area contributed by atoms with Crippen LogP contribution in [0.3, 0.4) is 0 Å². The second-order valence-electron chi connectivity index (χ2n) is 2.40. The van der Waals surface area contributed by atoms with E-state index in [2.05, 4.69) is 12.2 Å². The van der Waals surface area contributed by atoms with Gasteiger partial charge in [0.2, 0.25) is 0 Å². The van der Waals surface area contributed by atoms with Crippen LogP contribution in [-0.2, 0) is 0 Å². The van der Waals surface area contributed by atoms with Gasteiger partial charge in [0, 0.05) is 6.54 Å². The third-order valence-electron chi connectivity index (χ3n) is 1.13. The maximum absolute atomic E-state index is 8.27. The van der Waals surface area contributed by atoms with Crippen LogP contribution in [0.5, 0.6) is 0 Å². The van der Waals surface area contributed by atoms with E-state index in [9.17, 15) is 0 Å². The van der Waals surface area contributed by atoms with Gasteiger partial charge in [-0.25, -0.2) is 0 Å². The Balaban J connectivity index is 0. The third-order valence-corrected chi connectivity index (χ3v) is 1.13. The van der Waals surface area contributed by atoms with Crippen molar-refractivity contribution in [3.05, 3.63) is 0 Å². The van der Waals surface area contributed by atoms with E-state index in [4.69, 9.17) is 16.6 Å². The minimum absolute atomic E-state index is 0.213. The Bertz CT molecular complexity index is 54.3. The predicted octanol–water partition coefficient (Wildman–Crippen LogP) is -0.728. The lowest BCUT2D eigenvalue weighted by atomic mass is 10.4. The van der Waals surface area contributed by atoms with Gasteiger partial charge in [0.25, 0.3) is 0 Å². The van der Waals surface area contributed by atoms with Crippen molar-refractivity contribution in [1.29, 1.82) is 0 Å². The fraction of sp³-hybridized carbons (Fsp3) is 1.00. The van der Waals surface area contributed by atoms with E-state index in [-0.39, 0.29) is 6.61 Å². The monoisotopic (exact) mass is 177 g/mol. The molecule has 0 spiro atoms. The molecule has 6 N–H and O–H groups in total. The Labute approximate surface area is 75.3 Å². The van der Waals surface area contributed by atoms with Crippen LogP contribution in [0, 0.1) is 0 Å². The number of hydrogen-bond donors (Lipinski definition) is 4. The van der Waals surface area contributed by atoms with Gasteiger partial charge in [-0.1, -0.05) is 6.92 Å².